The lowest BCUT2D eigenvalue weighted by molar-refractivity contribution is 0.169. The fraction of sp³-hybridized carbons (Fsp3) is 0.182. The number of nitrogens with one attached hydrogen (secondary N) is 1. The molecule has 5 heteroatoms. The molecule has 2 aromatic rings. The van der Waals surface area contributed by atoms with Gasteiger partial charge in [-0.1, -0.05) is 6.07 Å². The normalized spacial score (nSPS) is 12.7. The van der Waals surface area contributed by atoms with Crippen LogP contribution in [-0.2, 0) is 6.42 Å². The van der Waals surface area contributed by atoms with Gasteiger partial charge in [-0.3, -0.25) is 0 Å². The molecule has 1 atom stereocenters. The number of hydrogen-bond acceptors (Lipinski definition) is 2. The number of aromatic nitrogens is 2. The van der Waals surface area contributed by atoms with E-state index in [0.717, 1.165) is 5.56 Å². The highest BCUT2D eigenvalue weighted by Crippen LogP contribution is 2.20. The molecule has 1 unspecified atom stereocenters. The zero-order valence-electron chi connectivity index (χ0n) is 8.32. The summed E-state index contributed by atoms with van der Waals surface area (Å²) in [7, 11) is 0. The van der Waals surface area contributed by atoms with Crippen LogP contribution in [0, 0.1) is 5.82 Å². The molecule has 0 spiro atoms. The minimum absolute atomic E-state index is 0.309. The first-order chi connectivity index (χ1) is 7.66. The van der Waals surface area contributed by atoms with E-state index >= 15 is 0 Å². The highest BCUT2D eigenvalue weighted by Gasteiger charge is 2.11. The third-order valence-electron chi connectivity index (χ3n) is 2.25. The topological polar surface area (TPSA) is 48.9 Å². The molecule has 0 aliphatic heterocycles. The monoisotopic (exact) mass is 284 g/mol. The maximum atomic E-state index is 13.0. The summed E-state index contributed by atoms with van der Waals surface area (Å²) in [5, 5.41) is 9.82. The predicted molar refractivity (Wildman–Crippen MR) is 61.4 cm³/mol. The molecule has 0 aliphatic rings. The second-order valence-electron chi connectivity index (χ2n) is 3.44. The Bertz CT molecular complexity index is 473. The Balaban J connectivity index is 2.12. The molecule has 1 aromatic heterocycles. The van der Waals surface area contributed by atoms with Crippen molar-refractivity contribution in [3.63, 3.8) is 0 Å². The number of hydrogen-bond donors (Lipinski definition) is 2. The van der Waals surface area contributed by atoms with E-state index in [-0.39, 0.29) is 5.82 Å². The number of aliphatic hydroxyl groups excluding tert-OH is 1. The molecule has 0 amide bonds. The number of benzene rings is 1. The molecule has 3 nitrogen and oxygen atoms in total. The first kappa shape index (κ1) is 11.3. The van der Waals surface area contributed by atoms with Crippen LogP contribution in [0.25, 0.3) is 0 Å². The van der Waals surface area contributed by atoms with E-state index in [4.69, 9.17) is 0 Å². The van der Waals surface area contributed by atoms with Gasteiger partial charge in [-0.05, 0) is 33.6 Å². The molecule has 0 fully saturated rings. The summed E-state index contributed by atoms with van der Waals surface area (Å²) < 4.78 is 13.4. The van der Waals surface area contributed by atoms with E-state index in [1.807, 2.05) is 0 Å². The predicted octanol–water partition coefficient (Wildman–Crippen LogP) is 2.59. The summed E-state index contributed by atoms with van der Waals surface area (Å²) in [6.45, 7) is 0. The molecular weight excluding hydrogens is 275 g/mol. The first-order valence-electron chi connectivity index (χ1n) is 4.78. The van der Waals surface area contributed by atoms with Crippen molar-refractivity contribution >= 4 is 15.9 Å². The molecule has 16 heavy (non-hydrogen) atoms. The standard InChI is InChI=1S/C11H10BrFN2O/c12-8-5-7(1-2-9(8)13)6-10(16)11-14-3-4-15-11/h1-5,10,16H,6H2,(H,14,15). The van der Waals surface area contributed by atoms with Crippen molar-refractivity contribution in [2.75, 3.05) is 0 Å². The van der Waals surface area contributed by atoms with E-state index in [1.54, 1.807) is 24.5 Å². The van der Waals surface area contributed by atoms with E-state index in [1.165, 1.54) is 6.07 Å². The van der Waals surface area contributed by atoms with Gasteiger partial charge in [0.25, 0.3) is 0 Å². The van der Waals surface area contributed by atoms with Crippen LogP contribution in [0.5, 0.6) is 0 Å². The SMILES string of the molecule is OC(Cc1ccc(F)c(Br)c1)c1ncc[nH]1. The summed E-state index contributed by atoms with van der Waals surface area (Å²) in [6.07, 6.45) is 2.93. The largest absolute Gasteiger partial charge is 0.385 e. The maximum absolute atomic E-state index is 13.0. The van der Waals surface area contributed by atoms with Gasteiger partial charge < -0.3 is 10.1 Å². The van der Waals surface area contributed by atoms with Crippen molar-refractivity contribution in [3.8, 4) is 0 Å². The Hall–Kier alpha value is -1.20. The van der Waals surface area contributed by atoms with Gasteiger partial charge in [-0.2, -0.15) is 0 Å². The Kier molecular flexibility index (Phi) is 3.36. The summed E-state index contributed by atoms with van der Waals surface area (Å²) in [4.78, 5) is 6.80. The average molecular weight is 285 g/mol. The number of nitrogens with zero attached hydrogens (tertiary/aromatic N) is 1. The third-order valence-corrected chi connectivity index (χ3v) is 2.86. The zero-order chi connectivity index (χ0) is 11.5. The Morgan fingerprint density at radius 2 is 2.31 bits per heavy atom. The lowest BCUT2D eigenvalue weighted by atomic mass is 10.1. The molecule has 1 aromatic carbocycles. The summed E-state index contributed by atoms with van der Waals surface area (Å²) >= 11 is 3.10. The molecule has 0 bridgehead atoms. The number of H-pyrrole nitrogens is 1. The fourth-order valence-corrected chi connectivity index (χ4v) is 1.87. The van der Waals surface area contributed by atoms with Crippen molar-refractivity contribution in [1.82, 2.24) is 9.97 Å². The lowest BCUT2D eigenvalue weighted by Gasteiger charge is -2.08. The summed E-state index contributed by atoms with van der Waals surface area (Å²) in [5.41, 5.74) is 0.845. The summed E-state index contributed by atoms with van der Waals surface area (Å²) in [5.74, 6) is 0.205. The molecule has 0 saturated carbocycles. The number of halogens is 2. The van der Waals surface area contributed by atoms with E-state index < -0.39 is 6.10 Å². The van der Waals surface area contributed by atoms with Crippen LogP contribution in [0.15, 0.2) is 35.1 Å². The van der Waals surface area contributed by atoms with Crippen LogP contribution >= 0.6 is 15.9 Å². The van der Waals surface area contributed by atoms with E-state index in [9.17, 15) is 9.50 Å². The number of aromatic amines is 1. The van der Waals surface area contributed by atoms with Gasteiger partial charge in [0.05, 0.1) is 4.47 Å². The highest BCUT2D eigenvalue weighted by atomic mass is 79.9. The van der Waals surface area contributed by atoms with Gasteiger partial charge in [0, 0.05) is 18.8 Å². The fourth-order valence-electron chi connectivity index (χ4n) is 1.45. The second kappa shape index (κ2) is 4.76. The maximum Gasteiger partial charge on any atom is 0.137 e. The second-order valence-corrected chi connectivity index (χ2v) is 4.30. The summed E-state index contributed by atoms with van der Waals surface area (Å²) in [6, 6.07) is 4.67. The first-order valence-corrected chi connectivity index (χ1v) is 5.57. The Morgan fingerprint density at radius 1 is 1.50 bits per heavy atom. The van der Waals surface area contributed by atoms with Crippen LogP contribution < -0.4 is 0 Å². The van der Waals surface area contributed by atoms with E-state index in [2.05, 4.69) is 25.9 Å². The van der Waals surface area contributed by atoms with Gasteiger partial charge in [0.2, 0.25) is 0 Å². The minimum Gasteiger partial charge on any atom is -0.385 e. The van der Waals surface area contributed by atoms with Crippen molar-refractivity contribution in [2.24, 2.45) is 0 Å². The van der Waals surface area contributed by atoms with Crippen molar-refractivity contribution in [1.29, 1.82) is 0 Å². The van der Waals surface area contributed by atoms with Crippen molar-refractivity contribution in [3.05, 3.63) is 52.3 Å². The molecule has 1 heterocycles. The lowest BCUT2D eigenvalue weighted by Crippen LogP contribution is -2.03. The van der Waals surface area contributed by atoms with Crippen LogP contribution in [0.2, 0.25) is 0 Å². The molecule has 0 radical (unpaired) electrons. The van der Waals surface area contributed by atoms with Gasteiger partial charge >= 0.3 is 0 Å². The molecule has 2 rings (SSSR count). The number of aliphatic hydroxyl groups is 1. The van der Waals surface area contributed by atoms with Crippen LogP contribution in [0.1, 0.15) is 17.5 Å². The Labute approximate surface area is 100 Å². The molecular formula is C11H10BrFN2O. The van der Waals surface area contributed by atoms with Gasteiger partial charge in [-0.15, -0.1) is 0 Å². The quantitative estimate of drug-likeness (QED) is 0.910. The van der Waals surface area contributed by atoms with Gasteiger partial charge in [0.15, 0.2) is 0 Å². The van der Waals surface area contributed by atoms with Crippen LogP contribution in [0.4, 0.5) is 4.39 Å². The highest BCUT2D eigenvalue weighted by molar-refractivity contribution is 9.10. The third kappa shape index (κ3) is 2.48. The van der Waals surface area contributed by atoms with Crippen LogP contribution in [0.3, 0.4) is 0 Å². The Morgan fingerprint density at radius 3 is 2.94 bits per heavy atom. The minimum atomic E-state index is -0.702. The van der Waals surface area contributed by atoms with Gasteiger partial charge in [0.1, 0.15) is 17.7 Å². The van der Waals surface area contributed by atoms with Crippen molar-refractivity contribution < 1.29 is 9.50 Å². The van der Waals surface area contributed by atoms with E-state index in [0.29, 0.717) is 16.7 Å². The average Bonchev–Trinajstić information content (AvgIpc) is 2.77. The van der Waals surface area contributed by atoms with Crippen molar-refractivity contribution in [2.45, 2.75) is 12.5 Å². The van der Waals surface area contributed by atoms with Crippen LogP contribution in [-0.4, -0.2) is 15.1 Å². The smallest absolute Gasteiger partial charge is 0.137 e. The molecule has 2 N–H and O–H groups in total. The number of rotatable bonds is 3. The van der Waals surface area contributed by atoms with Gasteiger partial charge in [-0.25, -0.2) is 9.37 Å². The molecule has 0 saturated heterocycles. The molecule has 0 aliphatic carbocycles. The zero-order valence-corrected chi connectivity index (χ0v) is 9.91. The number of imidazole rings is 1. The molecule has 84 valence electrons.